The zero-order valence-electron chi connectivity index (χ0n) is 29.0. The molecule has 272 valence electrons. The molecule has 0 atom stereocenters. The Bertz CT molecular complexity index is 2290. The van der Waals surface area contributed by atoms with E-state index >= 15 is 0 Å². The molecule has 0 spiro atoms. The van der Waals surface area contributed by atoms with E-state index in [0.29, 0.717) is 49.7 Å². The SMILES string of the molecule is O=c1cc(-c2cccc3c2Sc2ccccc2S3)oc(N2CCOCC2)c1.O=c1cc(-c2cccc3c2Sc2ccccc2S3)oc(N2CCOCC2)c1. The molecule has 2 fully saturated rings. The molecule has 4 aliphatic rings. The fourth-order valence-corrected chi connectivity index (χ4v) is 11.3. The van der Waals surface area contributed by atoms with Gasteiger partial charge in [0.1, 0.15) is 11.5 Å². The van der Waals surface area contributed by atoms with Gasteiger partial charge < -0.3 is 28.1 Å². The van der Waals surface area contributed by atoms with Crippen molar-refractivity contribution in [3.8, 4) is 22.6 Å². The minimum absolute atomic E-state index is 0.0378. The van der Waals surface area contributed by atoms with Crippen molar-refractivity contribution in [3.05, 3.63) is 130 Å². The zero-order valence-corrected chi connectivity index (χ0v) is 32.3. The summed E-state index contributed by atoms with van der Waals surface area (Å²) in [5.41, 5.74) is 1.85. The highest BCUT2D eigenvalue weighted by Crippen LogP contribution is 2.53. The predicted molar refractivity (Wildman–Crippen MR) is 216 cm³/mol. The summed E-state index contributed by atoms with van der Waals surface area (Å²) >= 11 is 6.99. The Labute approximate surface area is 329 Å². The van der Waals surface area contributed by atoms with E-state index in [1.54, 1.807) is 71.3 Å². The third kappa shape index (κ3) is 7.51. The summed E-state index contributed by atoms with van der Waals surface area (Å²) in [4.78, 5) is 38.5. The second kappa shape index (κ2) is 15.8. The molecule has 0 amide bonds. The number of hydrogen-bond donors (Lipinski definition) is 0. The maximum Gasteiger partial charge on any atom is 0.200 e. The molecular weight excluding hydrogens is 757 g/mol. The van der Waals surface area contributed by atoms with Crippen molar-refractivity contribution in [3.63, 3.8) is 0 Å². The van der Waals surface area contributed by atoms with Gasteiger partial charge in [0.2, 0.25) is 0 Å². The molecule has 54 heavy (non-hydrogen) atoms. The van der Waals surface area contributed by atoms with Crippen molar-refractivity contribution in [2.45, 2.75) is 39.2 Å². The Balaban J connectivity index is 0.000000142. The van der Waals surface area contributed by atoms with Crippen LogP contribution in [0, 0.1) is 0 Å². The third-order valence-electron chi connectivity index (χ3n) is 9.20. The summed E-state index contributed by atoms with van der Waals surface area (Å²) in [5, 5.41) is 0. The van der Waals surface area contributed by atoms with Crippen LogP contribution in [0.25, 0.3) is 22.6 Å². The molecular formula is C42H34N2O6S4. The van der Waals surface area contributed by atoms with Gasteiger partial charge in [-0.15, -0.1) is 0 Å². The number of ether oxygens (including phenoxy) is 2. The van der Waals surface area contributed by atoms with E-state index < -0.39 is 0 Å². The second-order valence-corrected chi connectivity index (χ2v) is 17.0. The maximum absolute atomic E-state index is 12.4. The second-order valence-electron chi connectivity index (χ2n) is 12.8. The van der Waals surface area contributed by atoms with Crippen LogP contribution >= 0.6 is 47.0 Å². The van der Waals surface area contributed by atoms with E-state index in [0.717, 1.165) is 47.1 Å². The van der Waals surface area contributed by atoms with Crippen LogP contribution < -0.4 is 20.7 Å². The molecule has 0 N–H and O–H groups in total. The van der Waals surface area contributed by atoms with Gasteiger partial charge in [-0.3, -0.25) is 9.59 Å². The molecule has 10 rings (SSSR count). The number of rotatable bonds is 4. The molecule has 6 heterocycles. The highest BCUT2D eigenvalue weighted by molar-refractivity contribution is 8.05. The van der Waals surface area contributed by atoms with Crippen molar-refractivity contribution in [1.29, 1.82) is 0 Å². The van der Waals surface area contributed by atoms with Crippen LogP contribution in [0.2, 0.25) is 0 Å². The summed E-state index contributed by atoms with van der Waals surface area (Å²) in [6.45, 7) is 5.54. The van der Waals surface area contributed by atoms with Gasteiger partial charge in [-0.2, -0.15) is 0 Å². The molecule has 4 aromatic carbocycles. The molecule has 4 aliphatic heterocycles. The number of fused-ring (bicyclic) bond motifs is 4. The lowest BCUT2D eigenvalue weighted by Gasteiger charge is -2.27. The molecule has 12 heteroatoms. The number of anilines is 2. The first-order valence-corrected chi connectivity index (χ1v) is 20.9. The highest BCUT2D eigenvalue weighted by Gasteiger charge is 2.24. The summed E-state index contributed by atoms with van der Waals surface area (Å²) in [7, 11) is 0. The Hall–Kier alpha value is -4.30. The van der Waals surface area contributed by atoms with Gasteiger partial charge in [-0.1, -0.05) is 95.6 Å². The summed E-state index contributed by atoms with van der Waals surface area (Å²) < 4.78 is 23.2. The molecule has 2 aromatic heterocycles. The first-order chi connectivity index (χ1) is 26.6. The van der Waals surface area contributed by atoms with Crippen molar-refractivity contribution in [1.82, 2.24) is 0 Å². The summed E-state index contributed by atoms with van der Waals surface area (Å²) in [5.74, 6) is 2.47. The van der Waals surface area contributed by atoms with Crippen LogP contribution in [0.1, 0.15) is 0 Å². The number of morpholine rings is 2. The van der Waals surface area contributed by atoms with Gasteiger partial charge >= 0.3 is 0 Å². The molecule has 0 bridgehead atoms. The fourth-order valence-electron chi connectivity index (χ4n) is 6.56. The maximum atomic E-state index is 12.4. The summed E-state index contributed by atoms with van der Waals surface area (Å²) in [6, 6.07) is 35.4. The lowest BCUT2D eigenvalue weighted by atomic mass is 10.1. The normalized spacial score (nSPS) is 15.9. The predicted octanol–water partition coefficient (Wildman–Crippen LogP) is 9.52. The van der Waals surface area contributed by atoms with Crippen LogP contribution in [0.15, 0.2) is 167 Å². The smallest absolute Gasteiger partial charge is 0.200 e. The van der Waals surface area contributed by atoms with Crippen molar-refractivity contribution < 1.29 is 18.3 Å². The Kier molecular flexibility index (Phi) is 10.4. The standard InChI is InChI=1S/2C21H17NO3S2/c2*23-14-12-16(25-20(13-14)22-8-10-24-11-9-22)15-4-3-7-19-21(15)27-18-6-2-1-5-17(18)26-19/h2*1-7,12-13H,8-11H2. The zero-order chi connectivity index (χ0) is 36.4. The Morgan fingerprint density at radius 2 is 0.796 bits per heavy atom. The van der Waals surface area contributed by atoms with E-state index in [1.807, 2.05) is 24.3 Å². The molecule has 0 radical (unpaired) electrons. The van der Waals surface area contributed by atoms with E-state index in [-0.39, 0.29) is 10.9 Å². The van der Waals surface area contributed by atoms with Gasteiger partial charge in [0.05, 0.1) is 26.4 Å². The van der Waals surface area contributed by atoms with Gasteiger partial charge in [-0.25, -0.2) is 0 Å². The van der Waals surface area contributed by atoms with Crippen LogP contribution in [-0.2, 0) is 9.47 Å². The van der Waals surface area contributed by atoms with Crippen LogP contribution in [0.5, 0.6) is 0 Å². The van der Waals surface area contributed by atoms with Crippen molar-refractivity contribution in [2.24, 2.45) is 0 Å². The largest absolute Gasteiger partial charge is 0.440 e. The van der Waals surface area contributed by atoms with Gasteiger partial charge in [0, 0.05) is 101 Å². The molecule has 6 aromatic rings. The van der Waals surface area contributed by atoms with Crippen molar-refractivity contribution in [2.75, 3.05) is 62.4 Å². The molecule has 0 unspecified atom stereocenters. The Morgan fingerprint density at radius 3 is 1.20 bits per heavy atom. The van der Waals surface area contributed by atoms with Gasteiger partial charge in [-0.05, 0) is 36.4 Å². The molecule has 0 aliphatic carbocycles. The van der Waals surface area contributed by atoms with Crippen LogP contribution in [-0.4, -0.2) is 52.6 Å². The van der Waals surface area contributed by atoms with E-state index in [1.165, 1.54) is 29.4 Å². The van der Waals surface area contributed by atoms with E-state index in [9.17, 15) is 9.59 Å². The summed E-state index contributed by atoms with van der Waals surface area (Å²) in [6.07, 6.45) is 0. The monoisotopic (exact) mass is 790 g/mol. The topological polar surface area (TPSA) is 85.4 Å². The lowest BCUT2D eigenvalue weighted by molar-refractivity contribution is 0.120. The van der Waals surface area contributed by atoms with E-state index in [2.05, 4.69) is 70.5 Å². The number of benzene rings is 4. The molecule has 2 saturated heterocycles. The molecule has 8 nitrogen and oxygen atoms in total. The fraction of sp³-hybridized carbons (Fsp3) is 0.190. The van der Waals surface area contributed by atoms with Crippen LogP contribution in [0.3, 0.4) is 0 Å². The van der Waals surface area contributed by atoms with Crippen LogP contribution in [0.4, 0.5) is 11.8 Å². The van der Waals surface area contributed by atoms with Crippen molar-refractivity contribution >= 4 is 58.8 Å². The third-order valence-corrected chi connectivity index (χ3v) is 14.4. The quantitative estimate of drug-likeness (QED) is 0.170. The first kappa shape index (κ1) is 35.4. The first-order valence-electron chi connectivity index (χ1n) is 17.7. The molecule has 0 saturated carbocycles. The number of nitrogens with zero attached hydrogens (tertiary/aromatic N) is 2. The van der Waals surface area contributed by atoms with Gasteiger partial charge in [0.15, 0.2) is 22.6 Å². The minimum Gasteiger partial charge on any atom is -0.440 e. The number of hydrogen-bond acceptors (Lipinski definition) is 12. The highest BCUT2D eigenvalue weighted by atomic mass is 32.2. The minimum atomic E-state index is -0.0378. The average molecular weight is 791 g/mol. The average Bonchev–Trinajstić information content (AvgIpc) is 3.22. The van der Waals surface area contributed by atoms with E-state index in [4.69, 9.17) is 18.3 Å². The lowest BCUT2D eigenvalue weighted by Crippen LogP contribution is -2.36. The Morgan fingerprint density at radius 1 is 0.426 bits per heavy atom. The van der Waals surface area contributed by atoms with Gasteiger partial charge in [0.25, 0.3) is 0 Å².